The Morgan fingerprint density at radius 3 is 2.35 bits per heavy atom. The van der Waals surface area contributed by atoms with E-state index in [0.717, 1.165) is 25.7 Å². The predicted molar refractivity (Wildman–Crippen MR) is 77.9 cm³/mol. The molecule has 2 saturated carbocycles. The average molecular weight is 281 g/mol. The molecule has 2 amide bonds. The molecule has 1 atom stereocenters. The lowest BCUT2D eigenvalue weighted by Crippen LogP contribution is -2.46. The van der Waals surface area contributed by atoms with Gasteiger partial charge in [-0.2, -0.15) is 0 Å². The zero-order valence-corrected chi connectivity index (χ0v) is 12.2. The molecule has 0 spiro atoms. The smallest absolute Gasteiger partial charge is 0.239 e. The first-order chi connectivity index (χ1) is 9.69. The third-order valence-corrected chi connectivity index (χ3v) is 4.44. The van der Waals surface area contributed by atoms with E-state index in [1.807, 2.05) is 0 Å². The molecule has 0 aromatic rings. The molecule has 5 nitrogen and oxygen atoms in total. The summed E-state index contributed by atoms with van der Waals surface area (Å²) < 4.78 is 0. The van der Waals surface area contributed by atoms with Crippen LogP contribution in [0.5, 0.6) is 0 Å². The Morgan fingerprint density at radius 1 is 1.05 bits per heavy atom. The number of carbonyl (C=O) groups excluding carboxylic acids is 2. The van der Waals surface area contributed by atoms with E-state index in [4.69, 9.17) is 5.73 Å². The first-order valence-corrected chi connectivity index (χ1v) is 7.95. The SMILES string of the molecule is NCC(NC(=O)CNC(=O)CC1CCCCC1)C1CC1. The summed E-state index contributed by atoms with van der Waals surface area (Å²) in [7, 11) is 0. The van der Waals surface area contributed by atoms with Crippen molar-refractivity contribution in [3.63, 3.8) is 0 Å². The number of hydrogen-bond donors (Lipinski definition) is 3. The minimum atomic E-state index is -0.121. The van der Waals surface area contributed by atoms with E-state index in [2.05, 4.69) is 10.6 Å². The minimum Gasteiger partial charge on any atom is -0.350 e. The van der Waals surface area contributed by atoms with Gasteiger partial charge in [-0.05, 0) is 37.5 Å². The third kappa shape index (κ3) is 5.12. The van der Waals surface area contributed by atoms with E-state index in [1.54, 1.807) is 0 Å². The van der Waals surface area contributed by atoms with Gasteiger partial charge in [0.15, 0.2) is 0 Å². The molecule has 0 saturated heterocycles. The molecule has 0 aromatic carbocycles. The summed E-state index contributed by atoms with van der Waals surface area (Å²) in [6, 6.07) is 0.0812. The Kier molecular flexibility index (Phi) is 5.83. The van der Waals surface area contributed by atoms with Crippen LogP contribution in [-0.4, -0.2) is 30.9 Å². The van der Waals surface area contributed by atoms with Crippen molar-refractivity contribution in [2.24, 2.45) is 17.6 Å². The molecule has 0 aliphatic heterocycles. The van der Waals surface area contributed by atoms with Crippen LogP contribution in [0.2, 0.25) is 0 Å². The number of carbonyl (C=O) groups is 2. The average Bonchev–Trinajstić information content (AvgIpc) is 3.28. The molecule has 2 rings (SSSR count). The topological polar surface area (TPSA) is 84.2 Å². The maximum absolute atomic E-state index is 11.8. The van der Waals surface area contributed by atoms with E-state index in [0.29, 0.717) is 24.8 Å². The van der Waals surface area contributed by atoms with Gasteiger partial charge < -0.3 is 16.4 Å². The van der Waals surface area contributed by atoms with E-state index in [-0.39, 0.29) is 24.4 Å². The van der Waals surface area contributed by atoms with Crippen LogP contribution in [0.4, 0.5) is 0 Å². The molecule has 0 heterocycles. The molecule has 2 fully saturated rings. The number of nitrogens with two attached hydrogens (primary N) is 1. The largest absolute Gasteiger partial charge is 0.350 e. The Bertz CT molecular complexity index is 336. The van der Waals surface area contributed by atoms with E-state index < -0.39 is 0 Å². The second-order valence-corrected chi connectivity index (χ2v) is 6.23. The lowest BCUT2D eigenvalue weighted by molar-refractivity contribution is -0.127. The van der Waals surface area contributed by atoms with Crippen molar-refractivity contribution in [1.29, 1.82) is 0 Å². The highest BCUT2D eigenvalue weighted by Gasteiger charge is 2.31. The molecule has 114 valence electrons. The van der Waals surface area contributed by atoms with Crippen molar-refractivity contribution in [2.75, 3.05) is 13.1 Å². The highest BCUT2D eigenvalue weighted by Crippen LogP contribution is 2.32. The molecule has 5 heteroatoms. The molecule has 0 radical (unpaired) electrons. The van der Waals surface area contributed by atoms with E-state index in [9.17, 15) is 9.59 Å². The maximum Gasteiger partial charge on any atom is 0.239 e. The maximum atomic E-state index is 11.8. The van der Waals surface area contributed by atoms with Gasteiger partial charge in [-0.1, -0.05) is 19.3 Å². The summed E-state index contributed by atoms with van der Waals surface area (Å²) in [5.74, 6) is 0.934. The Morgan fingerprint density at radius 2 is 1.75 bits per heavy atom. The molecule has 2 aliphatic rings. The van der Waals surface area contributed by atoms with Crippen molar-refractivity contribution >= 4 is 11.8 Å². The summed E-state index contributed by atoms with van der Waals surface area (Å²) in [4.78, 5) is 23.6. The predicted octanol–water partition coefficient (Wildman–Crippen LogP) is 0.926. The van der Waals surface area contributed by atoms with Crippen molar-refractivity contribution < 1.29 is 9.59 Å². The molecule has 0 bridgehead atoms. The van der Waals surface area contributed by atoms with Crippen molar-refractivity contribution in [2.45, 2.75) is 57.4 Å². The van der Waals surface area contributed by atoms with Crippen LogP contribution in [0.15, 0.2) is 0 Å². The summed E-state index contributed by atoms with van der Waals surface area (Å²) in [6.45, 7) is 0.557. The Hall–Kier alpha value is -1.10. The summed E-state index contributed by atoms with van der Waals surface area (Å²) in [6.07, 6.45) is 8.92. The molecular weight excluding hydrogens is 254 g/mol. The molecule has 20 heavy (non-hydrogen) atoms. The molecule has 1 unspecified atom stereocenters. The summed E-state index contributed by atoms with van der Waals surface area (Å²) >= 11 is 0. The normalized spacial score (nSPS) is 21.2. The highest BCUT2D eigenvalue weighted by atomic mass is 16.2. The molecule has 0 aromatic heterocycles. The van der Waals surface area contributed by atoms with E-state index >= 15 is 0 Å². The van der Waals surface area contributed by atoms with E-state index in [1.165, 1.54) is 19.3 Å². The number of hydrogen-bond acceptors (Lipinski definition) is 3. The van der Waals surface area contributed by atoms with Gasteiger partial charge in [0, 0.05) is 19.0 Å². The Balaban J connectivity index is 1.60. The fraction of sp³-hybridized carbons (Fsp3) is 0.867. The summed E-state index contributed by atoms with van der Waals surface area (Å²) in [5.41, 5.74) is 5.64. The second-order valence-electron chi connectivity index (χ2n) is 6.23. The number of rotatable bonds is 7. The molecular formula is C15H27N3O2. The van der Waals surface area contributed by atoms with Crippen molar-refractivity contribution in [1.82, 2.24) is 10.6 Å². The van der Waals surface area contributed by atoms with Crippen LogP contribution in [-0.2, 0) is 9.59 Å². The third-order valence-electron chi connectivity index (χ3n) is 4.44. The Labute approximate surface area is 121 Å². The van der Waals surface area contributed by atoms with Crippen LogP contribution >= 0.6 is 0 Å². The summed E-state index contributed by atoms with van der Waals surface area (Å²) in [5, 5.41) is 5.64. The first-order valence-electron chi connectivity index (χ1n) is 7.95. The zero-order valence-electron chi connectivity index (χ0n) is 12.2. The van der Waals surface area contributed by atoms with Crippen molar-refractivity contribution in [3.05, 3.63) is 0 Å². The van der Waals surface area contributed by atoms with Crippen molar-refractivity contribution in [3.8, 4) is 0 Å². The van der Waals surface area contributed by atoms with Gasteiger partial charge in [-0.3, -0.25) is 9.59 Å². The van der Waals surface area contributed by atoms with Gasteiger partial charge in [0.05, 0.1) is 6.54 Å². The van der Waals surface area contributed by atoms with Gasteiger partial charge in [0.25, 0.3) is 0 Å². The quantitative estimate of drug-likeness (QED) is 0.649. The fourth-order valence-corrected chi connectivity index (χ4v) is 3.03. The van der Waals surface area contributed by atoms with Crippen LogP contribution in [0.1, 0.15) is 51.4 Å². The standard InChI is InChI=1S/C15H27N3O2/c16-9-13(12-6-7-12)18-15(20)10-17-14(19)8-11-4-2-1-3-5-11/h11-13H,1-10,16H2,(H,17,19)(H,18,20). The number of nitrogens with one attached hydrogen (secondary N) is 2. The van der Waals surface area contributed by atoms with Crippen LogP contribution in [0.3, 0.4) is 0 Å². The lowest BCUT2D eigenvalue weighted by atomic mass is 9.87. The fourth-order valence-electron chi connectivity index (χ4n) is 3.03. The lowest BCUT2D eigenvalue weighted by Gasteiger charge is -2.21. The van der Waals surface area contributed by atoms with Gasteiger partial charge in [0.2, 0.25) is 11.8 Å². The van der Waals surface area contributed by atoms with Crippen LogP contribution in [0, 0.1) is 11.8 Å². The molecule has 2 aliphatic carbocycles. The van der Waals surface area contributed by atoms with Gasteiger partial charge in [0.1, 0.15) is 0 Å². The van der Waals surface area contributed by atoms with Gasteiger partial charge in [-0.15, -0.1) is 0 Å². The van der Waals surface area contributed by atoms with Crippen LogP contribution < -0.4 is 16.4 Å². The highest BCUT2D eigenvalue weighted by molar-refractivity contribution is 5.84. The van der Waals surface area contributed by atoms with Crippen LogP contribution in [0.25, 0.3) is 0 Å². The zero-order chi connectivity index (χ0) is 14.4. The minimum absolute atomic E-state index is 0.00257. The molecule has 4 N–H and O–H groups in total. The number of amides is 2. The monoisotopic (exact) mass is 281 g/mol. The van der Waals surface area contributed by atoms with Gasteiger partial charge in [-0.25, -0.2) is 0 Å². The second kappa shape index (κ2) is 7.62. The first kappa shape index (κ1) is 15.3. The van der Waals surface area contributed by atoms with Gasteiger partial charge >= 0.3 is 0 Å².